The highest BCUT2D eigenvalue weighted by Crippen LogP contribution is 2.22. The van der Waals surface area contributed by atoms with Gasteiger partial charge in [-0.25, -0.2) is 18.1 Å². The molecule has 0 spiro atoms. The van der Waals surface area contributed by atoms with E-state index in [9.17, 15) is 13.2 Å². The van der Waals surface area contributed by atoms with E-state index < -0.39 is 10.0 Å². The molecule has 1 aliphatic rings. The molecule has 1 atom stereocenters. The minimum Gasteiger partial charge on any atom is -0.377 e. The van der Waals surface area contributed by atoms with Crippen molar-refractivity contribution in [3.63, 3.8) is 0 Å². The van der Waals surface area contributed by atoms with Crippen molar-refractivity contribution in [3.05, 3.63) is 6.20 Å². The number of rotatable bonds is 5. The van der Waals surface area contributed by atoms with E-state index >= 15 is 0 Å². The third-order valence-corrected chi connectivity index (χ3v) is 5.35. The van der Waals surface area contributed by atoms with E-state index in [0.29, 0.717) is 6.61 Å². The van der Waals surface area contributed by atoms with E-state index in [2.05, 4.69) is 15.0 Å². The van der Waals surface area contributed by atoms with Gasteiger partial charge in [0.1, 0.15) is 0 Å². The summed E-state index contributed by atoms with van der Waals surface area (Å²) in [5, 5.41) is 2.71. The molecule has 1 aliphatic heterocycles. The fourth-order valence-electron chi connectivity index (χ4n) is 1.67. The first-order chi connectivity index (χ1) is 8.97. The normalized spacial score (nSPS) is 19.5. The van der Waals surface area contributed by atoms with Crippen LogP contribution in [0, 0.1) is 0 Å². The molecular formula is C10H15N3O4S2. The topological polar surface area (TPSA) is 97.4 Å². The first-order valence-corrected chi connectivity index (χ1v) is 8.12. The standard InChI is InChI=1S/C10H15N3O4S2/c1-7(14)13-10-11-6-9(18-10)19(15,16)12-5-8-3-2-4-17-8/h6,8,12H,2-5H2,1H3,(H,11,13,14)/t8-/m0/s1. The van der Waals surface area contributed by atoms with E-state index in [-0.39, 0.29) is 27.9 Å². The van der Waals surface area contributed by atoms with Crippen molar-refractivity contribution in [2.24, 2.45) is 0 Å². The lowest BCUT2D eigenvalue weighted by Crippen LogP contribution is -2.31. The third-order valence-electron chi connectivity index (χ3n) is 2.56. The smallest absolute Gasteiger partial charge is 0.251 e. The molecule has 2 N–H and O–H groups in total. The largest absolute Gasteiger partial charge is 0.377 e. The Labute approximate surface area is 115 Å². The average Bonchev–Trinajstić information content (AvgIpc) is 2.96. The van der Waals surface area contributed by atoms with Gasteiger partial charge in [0, 0.05) is 20.1 Å². The van der Waals surface area contributed by atoms with Crippen molar-refractivity contribution in [2.45, 2.75) is 30.1 Å². The number of aromatic nitrogens is 1. The lowest BCUT2D eigenvalue weighted by atomic mass is 10.2. The summed E-state index contributed by atoms with van der Waals surface area (Å²) in [6.07, 6.45) is 2.99. The second-order valence-electron chi connectivity index (χ2n) is 4.15. The van der Waals surface area contributed by atoms with Crippen LogP contribution in [0.1, 0.15) is 19.8 Å². The van der Waals surface area contributed by atoms with Gasteiger partial charge in [-0.15, -0.1) is 0 Å². The summed E-state index contributed by atoms with van der Waals surface area (Å²) < 4.78 is 31.9. The number of thiazole rings is 1. The summed E-state index contributed by atoms with van der Waals surface area (Å²) in [5.41, 5.74) is 0. The van der Waals surface area contributed by atoms with Crippen LogP contribution in [-0.4, -0.2) is 38.6 Å². The van der Waals surface area contributed by atoms with Crippen LogP contribution in [0.4, 0.5) is 5.13 Å². The molecule has 0 bridgehead atoms. The van der Waals surface area contributed by atoms with Gasteiger partial charge in [-0.1, -0.05) is 11.3 Å². The SMILES string of the molecule is CC(=O)Nc1ncc(S(=O)(=O)NC[C@@H]2CCCO2)s1. The fraction of sp³-hybridized carbons (Fsp3) is 0.600. The Bertz CT molecular complexity index is 549. The molecule has 9 heteroatoms. The highest BCUT2D eigenvalue weighted by molar-refractivity contribution is 7.91. The minimum atomic E-state index is -3.59. The highest BCUT2D eigenvalue weighted by Gasteiger charge is 2.22. The monoisotopic (exact) mass is 305 g/mol. The van der Waals surface area contributed by atoms with E-state index in [1.165, 1.54) is 13.1 Å². The van der Waals surface area contributed by atoms with Gasteiger partial charge in [0.15, 0.2) is 9.34 Å². The number of nitrogens with one attached hydrogen (secondary N) is 2. The van der Waals surface area contributed by atoms with Crippen molar-refractivity contribution in [2.75, 3.05) is 18.5 Å². The van der Waals surface area contributed by atoms with E-state index in [0.717, 1.165) is 24.2 Å². The second kappa shape index (κ2) is 5.95. The molecule has 106 valence electrons. The quantitative estimate of drug-likeness (QED) is 0.828. The Balaban J connectivity index is 1.98. The number of hydrogen-bond donors (Lipinski definition) is 2. The maximum atomic E-state index is 12.0. The van der Waals surface area contributed by atoms with Crippen molar-refractivity contribution >= 4 is 32.4 Å². The number of anilines is 1. The number of carbonyl (C=O) groups is 1. The van der Waals surface area contributed by atoms with E-state index in [1.54, 1.807) is 0 Å². The third kappa shape index (κ3) is 3.96. The maximum Gasteiger partial charge on any atom is 0.251 e. The predicted molar refractivity (Wildman–Crippen MR) is 70.6 cm³/mol. The van der Waals surface area contributed by atoms with Gasteiger partial charge in [0.05, 0.1) is 12.3 Å². The Morgan fingerprint density at radius 2 is 2.42 bits per heavy atom. The van der Waals surface area contributed by atoms with Crippen LogP contribution in [-0.2, 0) is 19.6 Å². The molecule has 1 fully saturated rings. The van der Waals surface area contributed by atoms with Crippen molar-refractivity contribution < 1.29 is 17.9 Å². The first kappa shape index (κ1) is 14.4. The highest BCUT2D eigenvalue weighted by atomic mass is 32.2. The summed E-state index contributed by atoms with van der Waals surface area (Å²) in [6.45, 7) is 2.28. The number of amides is 1. The molecule has 7 nitrogen and oxygen atoms in total. The molecule has 0 saturated carbocycles. The molecule has 0 aromatic carbocycles. The lowest BCUT2D eigenvalue weighted by Gasteiger charge is -2.09. The molecule has 2 rings (SSSR count). The second-order valence-corrected chi connectivity index (χ2v) is 7.18. The molecule has 2 heterocycles. The van der Waals surface area contributed by atoms with E-state index in [4.69, 9.17) is 4.74 Å². The van der Waals surface area contributed by atoms with Gasteiger partial charge in [0.25, 0.3) is 10.0 Å². The van der Waals surface area contributed by atoms with Gasteiger partial charge in [0.2, 0.25) is 5.91 Å². The van der Waals surface area contributed by atoms with Crippen LogP contribution in [0.5, 0.6) is 0 Å². The number of hydrogen-bond acceptors (Lipinski definition) is 6. The molecule has 19 heavy (non-hydrogen) atoms. The van der Waals surface area contributed by atoms with E-state index in [1.807, 2.05) is 0 Å². The van der Waals surface area contributed by atoms with Crippen molar-refractivity contribution in [1.29, 1.82) is 0 Å². The first-order valence-electron chi connectivity index (χ1n) is 5.82. The fourth-order valence-corrected chi connectivity index (χ4v) is 3.86. The molecular weight excluding hydrogens is 290 g/mol. The lowest BCUT2D eigenvalue weighted by molar-refractivity contribution is -0.114. The summed E-state index contributed by atoms with van der Waals surface area (Å²) in [7, 11) is -3.59. The molecule has 1 aromatic rings. The molecule has 1 amide bonds. The summed E-state index contributed by atoms with van der Waals surface area (Å²) >= 11 is 0.916. The van der Waals surface area contributed by atoms with Crippen LogP contribution in [0.3, 0.4) is 0 Å². The number of nitrogens with zero attached hydrogens (tertiary/aromatic N) is 1. The van der Waals surface area contributed by atoms with Gasteiger partial charge >= 0.3 is 0 Å². The van der Waals surface area contributed by atoms with Crippen molar-refractivity contribution in [1.82, 2.24) is 9.71 Å². The maximum absolute atomic E-state index is 12.0. The van der Waals surface area contributed by atoms with Gasteiger partial charge in [-0.05, 0) is 12.8 Å². The summed E-state index contributed by atoms with van der Waals surface area (Å²) in [4.78, 5) is 14.7. The number of ether oxygens (including phenoxy) is 1. The Kier molecular flexibility index (Phi) is 4.50. The molecule has 0 unspecified atom stereocenters. The van der Waals surface area contributed by atoms with Crippen LogP contribution < -0.4 is 10.0 Å². The summed E-state index contributed by atoms with van der Waals surface area (Å²) in [6, 6.07) is 0. The molecule has 1 aromatic heterocycles. The Morgan fingerprint density at radius 3 is 3.05 bits per heavy atom. The van der Waals surface area contributed by atoms with Gasteiger partial charge < -0.3 is 10.1 Å². The average molecular weight is 305 g/mol. The molecule has 0 radical (unpaired) electrons. The molecule has 1 saturated heterocycles. The van der Waals surface area contributed by atoms with Crippen molar-refractivity contribution in [3.8, 4) is 0 Å². The zero-order valence-corrected chi connectivity index (χ0v) is 12.0. The Hall–Kier alpha value is -1.03. The molecule has 0 aliphatic carbocycles. The van der Waals surface area contributed by atoms with Crippen LogP contribution >= 0.6 is 11.3 Å². The predicted octanol–water partition coefficient (Wildman–Crippen LogP) is 0.559. The summed E-state index contributed by atoms with van der Waals surface area (Å²) in [5.74, 6) is -0.286. The van der Waals surface area contributed by atoms with Crippen LogP contribution in [0.2, 0.25) is 0 Å². The zero-order chi connectivity index (χ0) is 13.9. The zero-order valence-electron chi connectivity index (χ0n) is 10.4. The minimum absolute atomic E-state index is 0.0579. The van der Waals surface area contributed by atoms with Crippen LogP contribution in [0.15, 0.2) is 10.4 Å². The number of carbonyl (C=O) groups excluding carboxylic acids is 1. The Morgan fingerprint density at radius 1 is 1.63 bits per heavy atom. The van der Waals surface area contributed by atoms with Gasteiger partial charge in [-0.2, -0.15) is 0 Å². The van der Waals surface area contributed by atoms with Crippen LogP contribution in [0.25, 0.3) is 0 Å². The number of sulfonamides is 1. The van der Waals surface area contributed by atoms with Gasteiger partial charge in [-0.3, -0.25) is 4.79 Å².